The lowest BCUT2D eigenvalue weighted by molar-refractivity contribution is -0.141. The van der Waals surface area contributed by atoms with Gasteiger partial charge in [-0.2, -0.15) is 13.2 Å². The zero-order chi connectivity index (χ0) is 14.3. The highest BCUT2D eigenvalue weighted by Crippen LogP contribution is 2.27. The summed E-state index contributed by atoms with van der Waals surface area (Å²) in [6, 6.07) is 0.836. The molecule has 0 aliphatic carbocycles. The molecule has 1 aromatic rings. The molecule has 0 spiro atoms. The standard InChI is InChI=1S/C12H18F3N3O/c1-2-3-9(5-7-19)8-17-11-16-6-4-10(18-11)12(13,14)15/h4,6,9,19H,2-3,5,7-8H2,1H3,(H,16,17,18). The van der Waals surface area contributed by atoms with Crippen molar-refractivity contribution in [2.75, 3.05) is 18.5 Å². The van der Waals surface area contributed by atoms with E-state index in [0.29, 0.717) is 13.0 Å². The third kappa shape index (κ3) is 5.42. The molecule has 0 aliphatic rings. The highest BCUT2D eigenvalue weighted by molar-refractivity contribution is 5.26. The van der Waals surface area contributed by atoms with Crippen molar-refractivity contribution in [2.24, 2.45) is 5.92 Å². The second-order valence-corrected chi connectivity index (χ2v) is 4.31. The second kappa shape index (κ2) is 7.28. The number of nitrogens with zero attached hydrogens (tertiary/aromatic N) is 2. The van der Waals surface area contributed by atoms with Gasteiger partial charge in [0.05, 0.1) is 0 Å². The Labute approximate surface area is 110 Å². The Morgan fingerprint density at radius 2 is 2.11 bits per heavy atom. The van der Waals surface area contributed by atoms with Crippen LogP contribution in [0.1, 0.15) is 31.9 Å². The van der Waals surface area contributed by atoms with Crippen LogP contribution in [0, 0.1) is 5.92 Å². The summed E-state index contributed by atoms with van der Waals surface area (Å²) >= 11 is 0. The molecule has 0 aromatic carbocycles. The van der Waals surface area contributed by atoms with Crippen LogP contribution in [-0.4, -0.2) is 28.2 Å². The molecule has 2 N–H and O–H groups in total. The molecule has 1 atom stereocenters. The van der Waals surface area contributed by atoms with E-state index in [1.54, 1.807) is 0 Å². The maximum absolute atomic E-state index is 12.5. The van der Waals surface area contributed by atoms with E-state index in [9.17, 15) is 13.2 Å². The highest BCUT2D eigenvalue weighted by atomic mass is 19.4. The molecule has 4 nitrogen and oxygen atoms in total. The third-order valence-electron chi connectivity index (χ3n) is 2.73. The number of anilines is 1. The maximum atomic E-state index is 12.5. The average molecular weight is 277 g/mol. The van der Waals surface area contributed by atoms with Crippen molar-refractivity contribution in [2.45, 2.75) is 32.4 Å². The number of hydrogen-bond donors (Lipinski definition) is 2. The maximum Gasteiger partial charge on any atom is 0.433 e. The smallest absolute Gasteiger partial charge is 0.396 e. The minimum atomic E-state index is -4.46. The average Bonchev–Trinajstić information content (AvgIpc) is 2.36. The molecule has 108 valence electrons. The molecule has 0 aliphatic heterocycles. The van der Waals surface area contributed by atoms with E-state index in [4.69, 9.17) is 5.11 Å². The minimum Gasteiger partial charge on any atom is -0.396 e. The van der Waals surface area contributed by atoms with Gasteiger partial charge in [0.2, 0.25) is 5.95 Å². The topological polar surface area (TPSA) is 58.0 Å². The number of aliphatic hydroxyl groups excluding tert-OH is 1. The fourth-order valence-corrected chi connectivity index (χ4v) is 1.78. The SMILES string of the molecule is CCCC(CCO)CNc1nccc(C(F)(F)F)n1. The summed E-state index contributed by atoms with van der Waals surface area (Å²) in [5.41, 5.74) is -0.959. The molecule has 0 saturated carbocycles. The third-order valence-corrected chi connectivity index (χ3v) is 2.73. The van der Waals surface area contributed by atoms with Crippen LogP contribution in [0.4, 0.5) is 19.1 Å². The van der Waals surface area contributed by atoms with Gasteiger partial charge in [0.25, 0.3) is 0 Å². The first-order valence-electron chi connectivity index (χ1n) is 6.22. The predicted molar refractivity (Wildman–Crippen MR) is 65.6 cm³/mol. The molecule has 0 saturated heterocycles. The summed E-state index contributed by atoms with van der Waals surface area (Å²) in [6.07, 6.45) is -0.922. The fraction of sp³-hybridized carbons (Fsp3) is 0.667. The molecule has 0 bridgehead atoms. The van der Waals surface area contributed by atoms with Gasteiger partial charge >= 0.3 is 6.18 Å². The Hall–Kier alpha value is -1.37. The molecule has 0 amide bonds. The minimum absolute atomic E-state index is 0.0335. The van der Waals surface area contributed by atoms with Crippen molar-refractivity contribution in [1.82, 2.24) is 9.97 Å². The number of aliphatic hydroxyl groups is 1. The van der Waals surface area contributed by atoms with E-state index in [1.807, 2.05) is 6.92 Å². The van der Waals surface area contributed by atoms with Crippen LogP contribution < -0.4 is 5.32 Å². The summed E-state index contributed by atoms with van der Waals surface area (Å²) in [7, 11) is 0. The lowest BCUT2D eigenvalue weighted by atomic mass is 10.0. The van der Waals surface area contributed by atoms with Crippen LogP contribution in [0.3, 0.4) is 0 Å². The Kier molecular flexibility index (Phi) is 6.01. The number of aromatic nitrogens is 2. The second-order valence-electron chi connectivity index (χ2n) is 4.31. The van der Waals surface area contributed by atoms with Crippen LogP contribution in [0.25, 0.3) is 0 Å². The van der Waals surface area contributed by atoms with Crippen LogP contribution in [0.5, 0.6) is 0 Å². The zero-order valence-corrected chi connectivity index (χ0v) is 10.7. The van der Waals surface area contributed by atoms with E-state index in [-0.39, 0.29) is 18.5 Å². The van der Waals surface area contributed by atoms with Gasteiger partial charge in [-0.05, 0) is 24.8 Å². The van der Waals surface area contributed by atoms with Crippen molar-refractivity contribution in [1.29, 1.82) is 0 Å². The zero-order valence-electron chi connectivity index (χ0n) is 10.7. The molecular formula is C12H18F3N3O. The van der Waals surface area contributed by atoms with Crippen molar-refractivity contribution in [3.05, 3.63) is 18.0 Å². The van der Waals surface area contributed by atoms with E-state index in [2.05, 4.69) is 15.3 Å². The van der Waals surface area contributed by atoms with E-state index >= 15 is 0 Å². The number of hydrogen-bond acceptors (Lipinski definition) is 4. The van der Waals surface area contributed by atoms with Crippen molar-refractivity contribution in [3.8, 4) is 0 Å². The van der Waals surface area contributed by atoms with Crippen LogP contribution in [-0.2, 0) is 6.18 Å². The van der Waals surface area contributed by atoms with Crippen LogP contribution >= 0.6 is 0 Å². The first-order valence-corrected chi connectivity index (χ1v) is 6.22. The lowest BCUT2D eigenvalue weighted by Crippen LogP contribution is -2.18. The Morgan fingerprint density at radius 3 is 2.68 bits per heavy atom. The number of nitrogens with one attached hydrogen (secondary N) is 1. The first-order chi connectivity index (χ1) is 8.97. The van der Waals surface area contributed by atoms with Crippen molar-refractivity contribution >= 4 is 5.95 Å². The van der Waals surface area contributed by atoms with Gasteiger partial charge in [-0.25, -0.2) is 9.97 Å². The molecule has 19 heavy (non-hydrogen) atoms. The van der Waals surface area contributed by atoms with Crippen molar-refractivity contribution in [3.63, 3.8) is 0 Å². The molecule has 0 radical (unpaired) electrons. The monoisotopic (exact) mass is 277 g/mol. The molecule has 1 aromatic heterocycles. The van der Waals surface area contributed by atoms with Crippen LogP contribution in [0.2, 0.25) is 0 Å². The fourth-order valence-electron chi connectivity index (χ4n) is 1.78. The number of alkyl halides is 3. The molecule has 1 rings (SSSR count). The number of rotatable bonds is 7. The quantitative estimate of drug-likeness (QED) is 0.804. The van der Waals surface area contributed by atoms with Gasteiger partial charge < -0.3 is 10.4 Å². The summed E-state index contributed by atoms with van der Waals surface area (Å²) in [5.74, 6) is 0.169. The van der Waals surface area contributed by atoms with E-state index < -0.39 is 11.9 Å². The summed E-state index contributed by atoms with van der Waals surface area (Å²) in [5, 5.41) is 11.7. The van der Waals surface area contributed by atoms with Gasteiger partial charge in [-0.15, -0.1) is 0 Å². The first kappa shape index (κ1) is 15.7. The summed E-state index contributed by atoms with van der Waals surface area (Å²) in [6.45, 7) is 2.54. The summed E-state index contributed by atoms with van der Waals surface area (Å²) in [4.78, 5) is 7.19. The van der Waals surface area contributed by atoms with Gasteiger partial charge in [-0.1, -0.05) is 13.3 Å². The highest BCUT2D eigenvalue weighted by Gasteiger charge is 2.32. The molecule has 1 heterocycles. The number of halogens is 3. The molecule has 0 fully saturated rings. The van der Waals surface area contributed by atoms with E-state index in [1.165, 1.54) is 0 Å². The Bertz CT molecular complexity index is 379. The Morgan fingerprint density at radius 1 is 1.37 bits per heavy atom. The summed E-state index contributed by atoms with van der Waals surface area (Å²) < 4.78 is 37.4. The predicted octanol–water partition coefficient (Wildman–Crippen LogP) is 2.71. The largest absolute Gasteiger partial charge is 0.433 e. The van der Waals surface area contributed by atoms with Gasteiger partial charge in [0.15, 0.2) is 0 Å². The van der Waals surface area contributed by atoms with Crippen molar-refractivity contribution < 1.29 is 18.3 Å². The Balaban J connectivity index is 2.61. The molecule has 1 unspecified atom stereocenters. The van der Waals surface area contributed by atoms with Gasteiger partial charge in [-0.3, -0.25) is 0 Å². The van der Waals surface area contributed by atoms with E-state index in [0.717, 1.165) is 25.1 Å². The van der Waals surface area contributed by atoms with Gasteiger partial charge in [0, 0.05) is 19.3 Å². The van der Waals surface area contributed by atoms with Crippen LogP contribution in [0.15, 0.2) is 12.3 Å². The lowest BCUT2D eigenvalue weighted by Gasteiger charge is -2.16. The normalized spacial score (nSPS) is 13.3. The van der Waals surface area contributed by atoms with Gasteiger partial charge in [0.1, 0.15) is 5.69 Å². The molecule has 7 heteroatoms. The molecular weight excluding hydrogens is 259 g/mol.